The lowest BCUT2D eigenvalue weighted by molar-refractivity contribution is 0.369. The van der Waals surface area contributed by atoms with E-state index in [-0.39, 0.29) is 12.1 Å². The Morgan fingerprint density at radius 1 is 1.12 bits per heavy atom. The Morgan fingerprint density at radius 3 is 2.65 bits per heavy atom. The van der Waals surface area contributed by atoms with Crippen LogP contribution < -0.4 is 14.8 Å². The number of aromatic nitrogens is 4. The van der Waals surface area contributed by atoms with E-state index in [9.17, 15) is 0 Å². The number of ether oxygens (including phenoxy) is 2. The van der Waals surface area contributed by atoms with E-state index in [0.29, 0.717) is 11.0 Å². The Hall–Kier alpha value is -2.80. The third-order valence-electron chi connectivity index (χ3n) is 4.62. The molecular weight excluding hydrogens is 354 g/mol. The monoisotopic (exact) mass is 371 g/mol. The first kappa shape index (κ1) is 16.7. The summed E-state index contributed by atoms with van der Waals surface area (Å²) < 4.78 is 12.7. The lowest BCUT2D eigenvalue weighted by atomic mass is 9.93. The van der Waals surface area contributed by atoms with Gasteiger partial charge in [-0.1, -0.05) is 28.8 Å². The zero-order valence-corrected chi connectivity index (χ0v) is 15.1. The highest BCUT2D eigenvalue weighted by Gasteiger charge is 2.32. The fourth-order valence-corrected chi connectivity index (χ4v) is 3.43. The minimum Gasteiger partial charge on any atom is -0.497 e. The van der Waals surface area contributed by atoms with Crippen LogP contribution >= 0.6 is 11.6 Å². The van der Waals surface area contributed by atoms with Crippen LogP contribution in [0.5, 0.6) is 11.5 Å². The van der Waals surface area contributed by atoms with Crippen molar-refractivity contribution in [2.75, 3.05) is 19.5 Å². The second kappa shape index (κ2) is 6.84. The molecule has 26 heavy (non-hydrogen) atoms. The molecule has 0 spiro atoms. The molecule has 2 aromatic carbocycles. The maximum Gasteiger partial charge on any atom is 0.243 e. The van der Waals surface area contributed by atoms with Crippen LogP contribution in [0.4, 0.5) is 5.95 Å². The highest BCUT2D eigenvalue weighted by Crippen LogP contribution is 2.41. The van der Waals surface area contributed by atoms with Gasteiger partial charge in [0.1, 0.15) is 11.5 Å². The van der Waals surface area contributed by atoms with Gasteiger partial charge in [0, 0.05) is 16.7 Å². The number of hydrogen-bond acceptors (Lipinski definition) is 6. The van der Waals surface area contributed by atoms with Gasteiger partial charge in [-0.2, -0.15) is 0 Å². The predicted octanol–water partition coefficient (Wildman–Crippen LogP) is 3.49. The fraction of sp³-hybridized carbons (Fsp3) is 0.278. The number of anilines is 1. The third-order valence-corrected chi connectivity index (χ3v) is 4.87. The van der Waals surface area contributed by atoms with Gasteiger partial charge in [0.2, 0.25) is 5.95 Å². The molecule has 1 N–H and O–H groups in total. The molecule has 2 heterocycles. The van der Waals surface area contributed by atoms with Crippen molar-refractivity contribution in [2.45, 2.75) is 18.5 Å². The summed E-state index contributed by atoms with van der Waals surface area (Å²) in [4.78, 5) is 0. The quantitative estimate of drug-likeness (QED) is 0.756. The fourth-order valence-electron chi connectivity index (χ4n) is 3.30. The molecule has 0 aliphatic carbocycles. The molecular formula is C18H18ClN5O2. The van der Waals surface area contributed by atoms with E-state index in [4.69, 9.17) is 21.1 Å². The van der Waals surface area contributed by atoms with Gasteiger partial charge in [-0.15, -0.1) is 0 Å². The van der Waals surface area contributed by atoms with E-state index in [1.54, 1.807) is 18.9 Å². The van der Waals surface area contributed by atoms with Crippen molar-refractivity contribution in [2.24, 2.45) is 0 Å². The average molecular weight is 372 g/mol. The summed E-state index contributed by atoms with van der Waals surface area (Å²) in [7, 11) is 3.28. The summed E-state index contributed by atoms with van der Waals surface area (Å²) in [6.45, 7) is 0. The molecule has 0 saturated heterocycles. The summed E-state index contributed by atoms with van der Waals surface area (Å²) >= 11 is 6.02. The number of nitrogens with zero attached hydrogens (tertiary/aromatic N) is 4. The van der Waals surface area contributed by atoms with Crippen LogP contribution in [0.3, 0.4) is 0 Å². The maximum atomic E-state index is 6.02. The molecule has 0 bridgehead atoms. The Balaban J connectivity index is 1.75. The number of halogens is 1. The summed E-state index contributed by atoms with van der Waals surface area (Å²) in [6, 6.07) is 13.6. The number of rotatable bonds is 4. The number of tetrazole rings is 1. The lowest BCUT2D eigenvalue weighted by Crippen LogP contribution is -2.28. The minimum atomic E-state index is -0.0669. The molecule has 2 atom stereocenters. The Labute approximate surface area is 155 Å². The van der Waals surface area contributed by atoms with Gasteiger partial charge in [-0.25, -0.2) is 4.68 Å². The van der Waals surface area contributed by atoms with E-state index in [1.165, 1.54) is 0 Å². The SMILES string of the molecule is COc1ccc([C@H]2C[C@@H](c3ccc(Cl)cc3)Nc3nnnn32)c(OC)c1. The topological polar surface area (TPSA) is 74.1 Å². The molecule has 3 aromatic rings. The second-order valence-corrected chi connectivity index (χ2v) is 6.49. The van der Waals surface area contributed by atoms with E-state index in [0.717, 1.165) is 29.0 Å². The van der Waals surface area contributed by atoms with Crippen molar-refractivity contribution < 1.29 is 9.47 Å². The van der Waals surface area contributed by atoms with Crippen LogP contribution in [0.25, 0.3) is 0 Å². The molecule has 7 nitrogen and oxygen atoms in total. The van der Waals surface area contributed by atoms with Crippen molar-refractivity contribution in [1.29, 1.82) is 0 Å². The molecule has 8 heteroatoms. The van der Waals surface area contributed by atoms with E-state index >= 15 is 0 Å². The third kappa shape index (κ3) is 2.94. The Morgan fingerprint density at radius 2 is 1.92 bits per heavy atom. The standard InChI is InChI=1S/C18H18ClN5O2/c1-25-13-7-8-14(17(9-13)26-2)16-10-15(11-3-5-12(19)6-4-11)20-18-21-22-23-24(16)18/h3-9,15-16H,10H2,1-2H3,(H,20,21,23)/t15-,16+/m0/s1. The number of hydrogen-bond donors (Lipinski definition) is 1. The average Bonchev–Trinajstić information content (AvgIpc) is 3.16. The van der Waals surface area contributed by atoms with E-state index < -0.39 is 0 Å². The van der Waals surface area contributed by atoms with Crippen molar-refractivity contribution in [3.63, 3.8) is 0 Å². The second-order valence-electron chi connectivity index (χ2n) is 6.05. The summed E-state index contributed by atoms with van der Waals surface area (Å²) in [5, 5.41) is 16.2. The molecule has 4 rings (SSSR count). The first-order chi connectivity index (χ1) is 12.7. The van der Waals surface area contributed by atoms with Gasteiger partial charge in [0.25, 0.3) is 0 Å². The highest BCUT2D eigenvalue weighted by molar-refractivity contribution is 6.30. The number of fused-ring (bicyclic) bond motifs is 1. The van der Waals surface area contributed by atoms with Crippen LogP contribution in [0, 0.1) is 0 Å². The van der Waals surface area contributed by atoms with Crippen LogP contribution in [0.1, 0.15) is 29.6 Å². The smallest absolute Gasteiger partial charge is 0.243 e. The molecule has 0 radical (unpaired) electrons. The van der Waals surface area contributed by atoms with Crippen molar-refractivity contribution in [3.05, 3.63) is 58.6 Å². The minimum absolute atomic E-state index is 0.0579. The first-order valence-electron chi connectivity index (χ1n) is 8.21. The van der Waals surface area contributed by atoms with E-state index in [2.05, 4.69) is 20.8 Å². The molecule has 134 valence electrons. The first-order valence-corrected chi connectivity index (χ1v) is 8.59. The molecule has 0 saturated carbocycles. The van der Waals surface area contributed by atoms with Gasteiger partial charge in [0.05, 0.1) is 26.3 Å². The van der Waals surface area contributed by atoms with Crippen molar-refractivity contribution in [1.82, 2.24) is 20.2 Å². The summed E-state index contributed by atoms with van der Waals surface area (Å²) in [5.74, 6) is 2.11. The van der Waals surface area contributed by atoms with Gasteiger partial charge in [-0.3, -0.25) is 0 Å². The molecule has 0 amide bonds. The Kier molecular flexibility index (Phi) is 4.38. The number of methoxy groups -OCH3 is 2. The normalized spacial score (nSPS) is 18.7. The van der Waals surface area contributed by atoms with Crippen molar-refractivity contribution >= 4 is 17.5 Å². The molecule has 1 aromatic heterocycles. The van der Waals surface area contributed by atoms with Crippen LogP contribution in [0.2, 0.25) is 5.02 Å². The highest BCUT2D eigenvalue weighted by atomic mass is 35.5. The predicted molar refractivity (Wildman–Crippen MR) is 97.9 cm³/mol. The van der Waals surface area contributed by atoms with Gasteiger partial charge in [0.15, 0.2) is 0 Å². The zero-order valence-electron chi connectivity index (χ0n) is 14.4. The van der Waals surface area contributed by atoms with Crippen LogP contribution in [-0.2, 0) is 0 Å². The Bertz CT molecular complexity index is 912. The van der Waals surface area contributed by atoms with Gasteiger partial charge < -0.3 is 14.8 Å². The van der Waals surface area contributed by atoms with E-state index in [1.807, 2.05) is 42.5 Å². The molecule has 0 fully saturated rings. The maximum absolute atomic E-state index is 6.02. The molecule has 1 aliphatic rings. The molecule has 1 aliphatic heterocycles. The van der Waals surface area contributed by atoms with Crippen LogP contribution in [-0.4, -0.2) is 34.4 Å². The largest absolute Gasteiger partial charge is 0.497 e. The number of benzene rings is 2. The summed E-state index contributed by atoms with van der Waals surface area (Å²) in [6.07, 6.45) is 0.766. The van der Waals surface area contributed by atoms with Crippen molar-refractivity contribution in [3.8, 4) is 11.5 Å². The van der Waals surface area contributed by atoms with Crippen LogP contribution in [0.15, 0.2) is 42.5 Å². The summed E-state index contributed by atoms with van der Waals surface area (Å²) in [5.41, 5.74) is 2.13. The molecule has 0 unspecified atom stereocenters. The van der Waals surface area contributed by atoms with Gasteiger partial charge in [-0.05, 0) is 46.7 Å². The lowest BCUT2D eigenvalue weighted by Gasteiger charge is -2.31. The zero-order chi connectivity index (χ0) is 18.1. The number of nitrogens with one attached hydrogen (secondary N) is 1. The van der Waals surface area contributed by atoms with Gasteiger partial charge >= 0.3 is 0 Å².